The molecule has 2 rings (SSSR count). The Morgan fingerprint density at radius 3 is 2.00 bits per heavy atom. The summed E-state index contributed by atoms with van der Waals surface area (Å²) in [6, 6.07) is 5.72. The third-order valence-corrected chi connectivity index (χ3v) is 6.13. The standard InChI is InChI=1S/C9H4Br3N3.C4H11NO3/c10-6-2-1-5(8(11)9(6)12)7-3-4-13-15-14-7;5-4(1-6,2-7)3-8/h1-4H;6-8H,1-3,5H2. The maximum atomic E-state index is 8.34. The van der Waals surface area contributed by atoms with Gasteiger partial charge in [0.15, 0.2) is 0 Å². The minimum absolute atomic E-state index is 0.403. The number of aliphatic hydroxyl groups is 3. The molecule has 0 unspecified atom stereocenters. The number of aromatic nitrogens is 3. The van der Waals surface area contributed by atoms with Crippen molar-refractivity contribution >= 4 is 47.8 Å². The molecular weight excluding hydrogens is 500 g/mol. The van der Waals surface area contributed by atoms with Crippen molar-refractivity contribution < 1.29 is 15.3 Å². The normalized spacial score (nSPS) is 10.9. The van der Waals surface area contributed by atoms with Gasteiger partial charge < -0.3 is 21.1 Å². The van der Waals surface area contributed by atoms with Crippen molar-refractivity contribution in [3.63, 3.8) is 0 Å². The van der Waals surface area contributed by atoms with E-state index < -0.39 is 25.4 Å². The van der Waals surface area contributed by atoms with Crippen molar-refractivity contribution in [1.82, 2.24) is 15.4 Å². The van der Waals surface area contributed by atoms with Gasteiger partial charge in [0.05, 0.1) is 37.3 Å². The largest absolute Gasteiger partial charge is 0.394 e. The van der Waals surface area contributed by atoms with Crippen molar-refractivity contribution in [1.29, 1.82) is 0 Å². The molecule has 126 valence electrons. The second kappa shape index (κ2) is 9.72. The topological polar surface area (TPSA) is 125 Å². The van der Waals surface area contributed by atoms with Gasteiger partial charge in [-0.05, 0) is 65.1 Å². The first-order chi connectivity index (χ1) is 10.9. The summed E-state index contributed by atoms with van der Waals surface area (Å²) in [7, 11) is 0. The van der Waals surface area contributed by atoms with Crippen LogP contribution in [0.1, 0.15) is 0 Å². The van der Waals surface area contributed by atoms with E-state index in [0.29, 0.717) is 0 Å². The van der Waals surface area contributed by atoms with Crippen LogP contribution in [0.3, 0.4) is 0 Å². The van der Waals surface area contributed by atoms with E-state index in [9.17, 15) is 0 Å². The van der Waals surface area contributed by atoms with Crippen LogP contribution in [0.15, 0.2) is 37.8 Å². The molecule has 0 fully saturated rings. The molecule has 1 aromatic carbocycles. The third kappa shape index (κ3) is 5.82. The summed E-state index contributed by atoms with van der Waals surface area (Å²) in [6.45, 7) is -1.21. The van der Waals surface area contributed by atoms with E-state index in [0.717, 1.165) is 24.7 Å². The number of halogens is 3. The lowest BCUT2D eigenvalue weighted by Crippen LogP contribution is -2.50. The number of benzene rings is 1. The van der Waals surface area contributed by atoms with Crippen molar-refractivity contribution in [3.05, 3.63) is 37.8 Å². The van der Waals surface area contributed by atoms with E-state index in [1.54, 1.807) is 6.20 Å². The van der Waals surface area contributed by atoms with E-state index >= 15 is 0 Å². The molecule has 7 nitrogen and oxygen atoms in total. The Balaban J connectivity index is 0.000000284. The zero-order valence-corrected chi connectivity index (χ0v) is 16.6. The quantitative estimate of drug-likeness (QED) is 0.455. The molecule has 23 heavy (non-hydrogen) atoms. The monoisotopic (exact) mass is 512 g/mol. The van der Waals surface area contributed by atoms with Crippen molar-refractivity contribution in [2.45, 2.75) is 5.54 Å². The first kappa shape index (κ1) is 20.6. The SMILES string of the molecule is Brc1ccc(-c2ccnnn2)c(Br)c1Br.NC(CO)(CO)CO. The average molecular weight is 515 g/mol. The molecule has 0 aliphatic heterocycles. The van der Waals surface area contributed by atoms with E-state index in [1.165, 1.54) is 0 Å². The van der Waals surface area contributed by atoms with Gasteiger partial charge in [-0.3, -0.25) is 0 Å². The van der Waals surface area contributed by atoms with Gasteiger partial charge in [0.1, 0.15) is 0 Å². The number of aliphatic hydroxyl groups excluding tert-OH is 3. The lowest BCUT2D eigenvalue weighted by molar-refractivity contribution is 0.0698. The highest BCUT2D eigenvalue weighted by atomic mass is 79.9. The predicted octanol–water partition coefficient (Wildman–Crippen LogP) is 1.49. The van der Waals surface area contributed by atoms with Gasteiger partial charge in [-0.1, -0.05) is 6.07 Å². The summed E-state index contributed by atoms with van der Waals surface area (Å²) in [4.78, 5) is 0. The maximum Gasteiger partial charge on any atom is 0.0975 e. The molecule has 1 heterocycles. The van der Waals surface area contributed by atoms with E-state index in [4.69, 9.17) is 21.1 Å². The van der Waals surface area contributed by atoms with Gasteiger partial charge in [-0.15, -0.1) is 10.2 Å². The molecule has 5 N–H and O–H groups in total. The van der Waals surface area contributed by atoms with E-state index in [-0.39, 0.29) is 0 Å². The number of hydrogen-bond acceptors (Lipinski definition) is 7. The fourth-order valence-corrected chi connectivity index (χ4v) is 2.75. The van der Waals surface area contributed by atoms with Gasteiger partial charge in [0.2, 0.25) is 0 Å². The zero-order valence-electron chi connectivity index (χ0n) is 11.8. The van der Waals surface area contributed by atoms with E-state index in [1.807, 2.05) is 18.2 Å². The van der Waals surface area contributed by atoms with Gasteiger partial charge >= 0.3 is 0 Å². The highest BCUT2D eigenvalue weighted by Crippen LogP contribution is 2.37. The highest BCUT2D eigenvalue weighted by Gasteiger charge is 2.20. The summed E-state index contributed by atoms with van der Waals surface area (Å²) in [5.74, 6) is 0. The molecule has 0 aliphatic carbocycles. The molecule has 2 aromatic rings. The van der Waals surface area contributed by atoms with Gasteiger partial charge in [0.25, 0.3) is 0 Å². The van der Waals surface area contributed by atoms with Crippen molar-refractivity contribution in [2.24, 2.45) is 5.73 Å². The summed E-state index contributed by atoms with van der Waals surface area (Å²) in [5, 5.41) is 36.2. The summed E-state index contributed by atoms with van der Waals surface area (Å²) in [5.41, 5.74) is 5.69. The van der Waals surface area contributed by atoms with Crippen LogP contribution in [0.25, 0.3) is 11.3 Å². The second-order valence-electron chi connectivity index (χ2n) is 4.57. The molecule has 10 heteroatoms. The zero-order chi connectivity index (χ0) is 17.5. The molecule has 0 spiro atoms. The van der Waals surface area contributed by atoms with Crippen molar-refractivity contribution in [3.8, 4) is 11.3 Å². The molecule has 0 atom stereocenters. The first-order valence-corrected chi connectivity index (χ1v) is 8.66. The third-order valence-electron chi connectivity index (χ3n) is 2.76. The van der Waals surface area contributed by atoms with Crippen LogP contribution in [0.5, 0.6) is 0 Å². The fraction of sp³-hybridized carbons (Fsp3) is 0.308. The molecule has 0 bridgehead atoms. The number of hydrogen-bond donors (Lipinski definition) is 4. The summed E-state index contributed by atoms with van der Waals surface area (Å²) in [6.07, 6.45) is 1.62. The Bertz CT molecular complexity index is 619. The van der Waals surface area contributed by atoms with Crippen LogP contribution < -0.4 is 5.73 Å². The molecule has 0 amide bonds. The van der Waals surface area contributed by atoms with Gasteiger partial charge in [-0.25, -0.2) is 0 Å². The molecule has 0 saturated heterocycles. The molecular formula is C13H15Br3N4O3. The lowest BCUT2D eigenvalue weighted by Gasteiger charge is -2.20. The number of nitrogens with two attached hydrogens (primary N) is 1. The maximum absolute atomic E-state index is 8.34. The highest BCUT2D eigenvalue weighted by molar-refractivity contribution is 9.14. The van der Waals surface area contributed by atoms with Crippen LogP contribution in [-0.2, 0) is 0 Å². The van der Waals surface area contributed by atoms with Crippen LogP contribution in [-0.4, -0.2) is 56.1 Å². The first-order valence-electron chi connectivity index (χ1n) is 6.28. The van der Waals surface area contributed by atoms with Crippen molar-refractivity contribution in [2.75, 3.05) is 19.8 Å². The number of nitrogens with zero attached hydrogens (tertiary/aromatic N) is 3. The summed E-state index contributed by atoms with van der Waals surface area (Å²) < 4.78 is 2.89. The van der Waals surface area contributed by atoms with Crippen LogP contribution >= 0.6 is 47.8 Å². The van der Waals surface area contributed by atoms with Crippen LogP contribution in [0.4, 0.5) is 0 Å². The summed E-state index contributed by atoms with van der Waals surface area (Å²) >= 11 is 10.4. The molecule has 0 aliphatic rings. The van der Waals surface area contributed by atoms with E-state index in [2.05, 4.69) is 63.2 Å². The Morgan fingerprint density at radius 2 is 1.57 bits per heavy atom. The second-order valence-corrected chi connectivity index (χ2v) is 7.01. The number of rotatable bonds is 4. The van der Waals surface area contributed by atoms with Gasteiger partial charge in [0, 0.05) is 19.0 Å². The fourth-order valence-electron chi connectivity index (χ4n) is 1.26. The predicted molar refractivity (Wildman–Crippen MR) is 96.5 cm³/mol. The Morgan fingerprint density at radius 1 is 0.957 bits per heavy atom. The van der Waals surface area contributed by atoms with Crippen LogP contribution in [0.2, 0.25) is 0 Å². The minimum atomic E-state index is -1.21. The molecule has 1 aromatic heterocycles. The Hall–Kier alpha value is -0.490. The Kier molecular flexibility index (Phi) is 8.69. The van der Waals surface area contributed by atoms with Gasteiger partial charge in [-0.2, -0.15) is 0 Å². The Labute approximate surface area is 158 Å². The average Bonchev–Trinajstić information content (AvgIpc) is 2.60. The van der Waals surface area contributed by atoms with Crippen LogP contribution in [0, 0.1) is 0 Å². The molecule has 0 saturated carbocycles. The molecule has 0 radical (unpaired) electrons. The smallest absolute Gasteiger partial charge is 0.0975 e. The lowest BCUT2D eigenvalue weighted by atomic mass is 10.1. The minimum Gasteiger partial charge on any atom is -0.394 e.